The van der Waals surface area contributed by atoms with Gasteiger partial charge in [0.2, 0.25) is 0 Å². The Bertz CT molecular complexity index is 599. The Balaban J connectivity index is 0.00000200. The minimum Gasteiger partial charge on any atom is -0.319 e. The number of carbonyl (C=O) groups excluding carboxylic acids is 1. The van der Waals surface area contributed by atoms with Gasteiger partial charge >= 0.3 is 0 Å². The second kappa shape index (κ2) is 7.32. The molecule has 0 fully saturated rings. The summed E-state index contributed by atoms with van der Waals surface area (Å²) in [7, 11) is 0. The van der Waals surface area contributed by atoms with Gasteiger partial charge in [-0.05, 0) is 36.2 Å². The van der Waals surface area contributed by atoms with Crippen molar-refractivity contribution >= 4 is 11.6 Å². The van der Waals surface area contributed by atoms with Crippen LogP contribution in [0.1, 0.15) is 22.8 Å². The zero-order valence-electron chi connectivity index (χ0n) is 10.8. The summed E-state index contributed by atoms with van der Waals surface area (Å²) in [5.74, 6) is -2.16. The topological polar surface area (TPSA) is 29.1 Å². The summed E-state index contributed by atoms with van der Waals surface area (Å²) in [6, 6.07) is 11.1. The molecule has 0 spiro atoms. The summed E-state index contributed by atoms with van der Waals surface area (Å²) in [4.78, 5) is 11.9. The molecule has 0 aliphatic rings. The molecule has 0 aliphatic heterocycles. The second-order valence-corrected chi connectivity index (χ2v) is 4.04. The van der Waals surface area contributed by atoms with E-state index in [-0.39, 0.29) is 27.4 Å². The molecule has 0 heterocycles. The standard InChI is InChI=1S/C15H12F2NO.Ti/c1-2-10-3-5-11(6-4-10)15(19)18-14-8-7-12(16)9-13(14)17;/h3-8H,2H2,1H3,(H,18,19);. The van der Waals surface area contributed by atoms with Crippen LogP contribution in [-0.4, -0.2) is 5.91 Å². The van der Waals surface area contributed by atoms with E-state index in [1.165, 1.54) is 6.07 Å². The Labute approximate surface area is 131 Å². The molecular formula is C15H12F2NOTi. The van der Waals surface area contributed by atoms with Crippen molar-refractivity contribution < 1.29 is 35.3 Å². The van der Waals surface area contributed by atoms with Gasteiger partial charge in [0, 0.05) is 27.3 Å². The van der Waals surface area contributed by atoms with Crippen molar-refractivity contribution in [3.63, 3.8) is 0 Å². The molecule has 2 aromatic carbocycles. The number of hydrogen-bond donors (Lipinski definition) is 1. The number of benzene rings is 2. The maximum Gasteiger partial charge on any atom is 0.255 e. The van der Waals surface area contributed by atoms with Crippen molar-refractivity contribution in [1.29, 1.82) is 0 Å². The molecule has 0 atom stereocenters. The van der Waals surface area contributed by atoms with Crippen LogP contribution in [0.15, 0.2) is 36.4 Å². The maximum absolute atomic E-state index is 13.3. The van der Waals surface area contributed by atoms with Gasteiger partial charge in [0.1, 0.15) is 5.82 Å². The number of anilines is 1. The molecule has 1 amide bonds. The fraction of sp³-hybridized carbons (Fsp3) is 0.133. The van der Waals surface area contributed by atoms with Gasteiger partial charge in [0.25, 0.3) is 5.91 Å². The Kier molecular flexibility index (Phi) is 6.05. The monoisotopic (exact) mass is 308 g/mol. The molecule has 2 nitrogen and oxygen atoms in total. The first-order chi connectivity index (χ1) is 9.10. The molecular weight excluding hydrogens is 296 g/mol. The predicted octanol–water partition coefficient (Wildman–Crippen LogP) is 3.58. The first-order valence-electron chi connectivity index (χ1n) is 5.87. The van der Waals surface area contributed by atoms with Gasteiger partial charge in [0.05, 0.1) is 11.8 Å². The Hall–Kier alpha value is -1.52. The first kappa shape index (κ1) is 16.5. The maximum atomic E-state index is 13.3. The van der Waals surface area contributed by atoms with Crippen LogP contribution in [0.25, 0.3) is 0 Å². The Morgan fingerprint density at radius 2 is 1.80 bits per heavy atom. The van der Waals surface area contributed by atoms with E-state index in [1.807, 2.05) is 25.1 Å². The van der Waals surface area contributed by atoms with Crippen LogP contribution in [-0.2, 0) is 28.1 Å². The molecule has 0 aliphatic carbocycles. The van der Waals surface area contributed by atoms with E-state index in [0.29, 0.717) is 5.56 Å². The fourth-order valence-electron chi connectivity index (χ4n) is 1.63. The Morgan fingerprint density at radius 3 is 2.35 bits per heavy atom. The van der Waals surface area contributed by atoms with Crippen LogP contribution in [0.3, 0.4) is 0 Å². The third-order valence-electron chi connectivity index (χ3n) is 2.73. The molecule has 1 N–H and O–H groups in total. The molecule has 0 saturated carbocycles. The molecule has 101 valence electrons. The van der Waals surface area contributed by atoms with E-state index in [2.05, 4.69) is 5.32 Å². The average molecular weight is 308 g/mol. The Morgan fingerprint density at radius 1 is 1.15 bits per heavy atom. The van der Waals surface area contributed by atoms with Gasteiger partial charge in [0.15, 0.2) is 5.82 Å². The predicted molar refractivity (Wildman–Crippen MR) is 69.0 cm³/mol. The largest absolute Gasteiger partial charge is 0.319 e. The smallest absolute Gasteiger partial charge is 0.255 e. The SMILES string of the molecule is CCc1ccc(C(=O)Nc2ccc(F)[c]c2F)cc1.[Ti]. The zero-order chi connectivity index (χ0) is 13.8. The molecule has 2 rings (SSSR count). The van der Waals surface area contributed by atoms with Gasteiger partial charge in [-0.1, -0.05) is 19.1 Å². The molecule has 1 radical (unpaired) electrons. The van der Waals surface area contributed by atoms with Gasteiger partial charge in [-0.2, -0.15) is 0 Å². The van der Waals surface area contributed by atoms with Crippen LogP contribution in [0.4, 0.5) is 14.5 Å². The first-order valence-corrected chi connectivity index (χ1v) is 5.87. The second-order valence-electron chi connectivity index (χ2n) is 4.04. The minimum absolute atomic E-state index is 0. The summed E-state index contributed by atoms with van der Waals surface area (Å²) in [5, 5.41) is 2.38. The van der Waals surface area contributed by atoms with Crippen molar-refractivity contribution in [2.24, 2.45) is 0 Å². The van der Waals surface area contributed by atoms with Gasteiger partial charge in [-0.25, -0.2) is 8.78 Å². The van der Waals surface area contributed by atoms with Crippen molar-refractivity contribution in [1.82, 2.24) is 0 Å². The van der Waals surface area contributed by atoms with E-state index in [1.54, 1.807) is 12.1 Å². The van der Waals surface area contributed by atoms with E-state index in [0.717, 1.165) is 18.1 Å². The van der Waals surface area contributed by atoms with Crippen LogP contribution >= 0.6 is 0 Å². The minimum atomic E-state index is -0.918. The quantitative estimate of drug-likeness (QED) is 0.863. The fourth-order valence-corrected chi connectivity index (χ4v) is 1.63. The number of hydrogen-bond acceptors (Lipinski definition) is 1. The van der Waals surface area contributed by atoms with Crippen molar-refractivity contribution in [2.45, 2.75) is 13.3 Å². The van der Waals surface area contributed by atoms with E-state index >= 15 is 0 Å². The van der Waals surface area contributed by atoms with Crippen LogP contribution in [0.5, 0.6) is 0 Å². The molecule has 0 saturated heterocycles. The normalized spacial score (nSPS) is 9.75. The molecule has 0 aromatic heterocycles. The molecule has 2 aromatic rings. The number of amides is 1. The van der Waals surface area contributed by atoms with Crippen molar-refractivity contribution in [3.05, 3.63) is 65.2 Å². The molecule has 5 heteroatoms. The molecule has 0 bridgehead atoms. The number of carbonyl (C=O) groups is 1. The van der Waals surface area contributed by atoms with Gasteiger partial charge in [-0.15, -0.1) is 0 Å². The van der Waals surface area contributed by atoms with E-state index in [9.17, 15) is 13.6 Å². The third kappa shape index (κ3) is 3.99. The van der Waals surface area contributed by atoms with Gasteiger partial charge in [-0.3, -0.25) is 4.79 Å². The van der Waals surface area contributed by atoms with E-state index < -0.39 is 17.5 Å². The average Bonchev–Trinajstić information content (AvgIpc) is 2.42. The zero-order valence-corrected chi connectivity index (χ0v) is 12.4. The van der Waals surface area contributed by atoms with Crippen molar-refractivity contribution in [2.75, 3.05) is 5.32 Å². The van der Waals surface area contributed by atoms with Crippen LogP contribution in [0.2, 0.25) is 0 Å². The summed E-state index contributed by atoms with van der Waals surface area (Å²) < 4.78 is 26.0. The molecule has 0 unspecified atom stereocenters. The van der Waals surface area contributed by atoms with Crippen molar-refractivity contribution in [3.8, 4) is 0 Å². The van der Waals surface area contributed by atoms with E-state index in [4.69, 9.17) is 0 Å². The number of nitrogens with one attached hydrogen (secondary N) is 1. The number of rotatable bonds is 3. The number of halogens is 2. The summed E-state index contributed by atoms with van der Waals surface area (Å²) >= 11 is 0. The third-order valence-corrected chi connectivity index (χ3v) is 2.73. The molecule has 20 heavy (non-hydrogen) atoms. The van der Waals surface area contributed by atoms with Crippen LogP contribution < -0.4 is 5.32 Å². The number of aryl methyl sites for hydroxylation is 1. The summed E-state index contributed by atoms with van der Waals surface area (Å²) in [5.41, 5.74) is 1.43. The van der Waals surface area contributed by atoms with Crippen LogP contribution in [0, 0.1) is 17.7 Å². The summed E-state index contributed by atoms with van der Waals surface area (Å²) in [6.45, 7) is 2.01. The van der Waals surface area contributed by atoms with Gasteiger partial charge < -0.3 is 5.32 Å². The summed E-state index contributed by atoms with van der Waals surface area (Å²) in [6.07, 6.45) is 0.878.